The van der Waals surface area contributed by atoms with Crippen molar-refractivity contribution in [2.75, 3.05) is 5.32 Å². The van der Waals surface area contributed by atoms with Gasteiger partial charge in [0.25, 0.3) is 0 Å². The minimum absolute atomic E-state index is 0.444. The Hall–Kier alpha value is -2.00. The van der Waals surface area contributed by atoms with Crippen LogP contribution in [0.25, 0.3) is 0 Å². The van der Waals surface area contributed by atoms with Crippen molar-refractivity contribution in [1.82, 2.24) is 0 Å². The first-order chi connectivity index (χ1) is 8.74. The fourth-order valence-corrected chi connectivity index (χ4v) is 2.57. The van der Waals surface area contributed by atoms with Crippen LogP contribution in [0.2, 0.25) is 0 Å². The van der Waals surface area contributed by atoms with Crippen LogP contribution < -0.4 is 5.32 Å². The molecule has 3 heteroatoms. The van der Waals surface area contributed by atoms with Gasteiger partial charge in [-0.1, -0.05) is 19.8 Å². The van der Waals surface area contributed by atoms with Crippen LogP contribution in [0.5, 0.6) is 0 Å². The zero-order chi connectivity index (χ0) is 13.0. The highest BCUT2D eigenvalue weighted by Crippen LogP contribution is 2.27. The standard InChI is InChI=1S/C15H17N3/c1-11-4-2-3-5-15(11)18-14-7-6-12(9-16)13(8-14)10-17/h6-8,11,15,18H,2-5H2,1H3. The van der Waals surface area contributed by atoms with Crippen molar-refractivity contribution in [3.05, 3.63) is 29.3 Å². The normalized spacial score (nSPS) is 22.8. The highest BCUT2D eigenvalue weighted by atomic mass is 14.9. The molecule has 0 amide bonds. The average Bonchev–Trinajstić information content (AvgIpc) is 2.41. The fraction of sp³-hybridized carbons (Fsp3) is 0.467. The van der Waals surface area contributed by atoms with E-state index in [1.165, 1.54) is 25.7 Å². The van der Waals surface area contributed by atoms with Crippen LogP contribution in [0.4, 0.5) is 5.69 Å². The second-order valence-corrected chi connectivity index (χ2v) is 5.00. The third kappa shape index (κ3) is 2.63. The highest BCUT2D eigenvalue weighted by molar-refractivity contribution is 5.56. The molecule has 0 bridgehead atoms. The Bertz CT molecular complexity index is 507. The molecule has 1 N–H and O–H groups in total. The number of nitriles is 2. The topological polar surface area (TPSA) is 59.6 Å². The predicted octanol–water partition coefficient (Wildman–Crippen LogP) is 3.42. The lowest BCUT2D eigenvalue weighted by Crippen LogP contribution is -2.30. The fourth-order valence-electron chi connectivity index (χ4n) is 2.57. The van der Waals surface area contributed by atoms with E-state index in [0.717, 1.165) is 5.69 Å². The maximum absolute atomic E-state index is 9.00. The van der Waals surface area contributed by atoms with Crippen LogP contribution in [0.1, 0.15) is 43.7 Å². The molecule has 18 heavy (non-hydrogen) atoms. The maximum Gasteiger partial charge on any atom is 0.101 e. The van der Waals surface area contributed by atoms with Crippen LogP contribution in [0.3, 0.4) is 0 Å². The lowest BCUT2D eigenvalue weighted by molar-refractivity contribution is 0.349. The molecular weight excluding hydrogens is 222 g/mol. The number of nitrogens with zero attached hydrogens (tertiary/aromatic N) is 2. The Balaban J connectivity index is 2.15. The summed E-state index contributed by atoms with van der Waals surface area (Å²) in [6.07, 6.45) is 5.03. The van der Waals surface area contributed by atoms with Gasteiger partial charge in [0.15, 0.2) is 0 Å². The number of anilines is 1. The van der Waals surface area contributed by atoms with Crippen LogP contribution in [0, 0.1) is 28.6 Å². The van der Waals surface area contributed by atoms with E-state index in [4.69, 9.17) is 10.5 Å². The van der Waals surface area contributed by atoms with Gasteiger partial charge in [0.2, 0.25) is 0 Å². The van der Waals surface area contributed by atoms with Gasteiger partial charge in [0.1, 0.15) is 12.1 Å². The molecule has 0 heterocycles. The van der Waals surface area contributed by atoms with E-state index in [2.05, 4.69) is 18.3 Å². The molecule has 0 aliphatic heterocycles. The first kappa shape index (κ1) is 12.5. The minimum Gasteiger partial charge on any atom is -0.382 e. The summed E-state index contributed by atoms with van der Waals surface area (Å²) in [5.41, 5.74) is 1.84. The molecule has 2 rings (SSSR count). The van der Waals surface area contributed by atoms with Gasteiger partial charge in [-0.2, -0.15) is 10.5 Å². The second kappa shape index (κ2) is 5.56. The summed E-state index contributed by atoms with van der Waals surface area (Å²) in [5, 5.41) is 21.4. The molecule has 3 nitrogen and oxygen atoms in total. The third-order valence-electron chi connectivity index (χ3n) is 3.72. The lowest BCUT2D eigenvalue weighted by Gasteiger charge is -2.30. The molecule has 1 aliphatic carbocycles. The molecule has 2 unspecified atom stereocenters. The number of hydrogen-bond donors (Lipinski definition) is 1. The summed E-state index contributed by atoms with van der Waals surface area (Å²) in [4.78, 5) is 0. The Labute approximate surface area is 108 Å². The number of benzene rings is 1. The average molecular weight is 239 g/mol. The lowest BCUT2D eigenvalue weighted by atomic mass is 9.86. The molecule has 0 radical (unpaired) electrons. The van der Waals surface area contributed by atoms with Gasteiger partial charge in [-0.15, -0.1) is 0 Å². The number of nitrogens with one attached hydrogen (secondary N) is 1. The molecule has 1 aliphatic rings. The summed E-state index contributed by atoms with van der Waals surface area (Å²) in [6, 6.07) is 9.98. The van der Waals surface area contributed by atoms with Crippen molar-refractivity contribution in [3.63, 3.8) is 0 Å². The van der Waals surface area contributed by atoms with Crippen molar-refractivity contribution in [2.24, 2.45) is 5.92 Å². The Morgan fingerprint density at radius 2 is 1.83 bits per heavy atom. The Morgan fingerprint density at radius 3 is 2.50 bits per heavy atom. The molecule has 0 aromatic heterocycles. The molecule has 1 saturated carbocycles. The molecular formula is C15H17N3. The number of rotatable bonds is 2. The van der Waals surface area contributed by atoms with Crippen molar-refractivity contribution in [2.45, 2.75) is 38.6 Å². The molecule has 1 fully saturated rings. The van der Waals surface area contributed by atoms with Crippen LogP contribution >= 0.6 is 0 Å². The van der Waals surface area contributed by atoms with Crippen LogP contribution in [-0.4, -0.2) is 6.04 Å². The summed E-state index contributed by atoms with van der Waals surface area (Å²) < 4.78 is 0. The largest absolute Gasteiger partial charge is 0.382 e. The van der Waals surface area contributed by atoms with E-state index >= 15 is 0 Å². The minimum atomic E-state index is 0.444. The third-order valence-corrected chi connectivity index (χ3v) is 3.72. The predicted molar refractivity (Wildman–Crippen MR) is 70.9 cm³/mol. The summed E-state index contributed by atoms with van der Waals surface area (Å²) in [7, 11) is 0. The van der Waals surface area contributed by atoms with E-state index in [-0.39, 0.29) is 0 Å². The van der Waals surface area contributed by atoms with E-state index < -0.39 is 0 Å². The van der Waals surface area contributed by atoms with Crippen molar-refractivity contribution >= 4 is 5.69 Å². The Morgan fingerprint density at radius 1 is 1.11 bits per heavy atom. The Kier molecular flexibility index (Phi) is 3.85. The van der Waals surface area contributed by atoms with Gasteiger partial charge < -0.3 is 5.32 Å². The summed E-state index contributed by atoms with van der Waals surface area (Å²) in [5.74, 6) is 0.667. The molecule has 1 aromatic rings. The molecule has 92 valence electrons. The molecule has 0 saturated heterocycles. The summed E-state index contributed by atoms with van der Waals surface area (Å²) >= 11 is 0. The smallest absolute Gasteiger partial charge is 0.101 e. The zero-order valence-electron chi connectivity index (χ0n) is 10.6. The van der Waals surface area contributed by atoms with Gasteiger partial charge in [0.05, 0.1) is 11.1 Å². The van der Waals surface area contributed by atoms with Crippen molar-refractivity contribution < 1.29 is 0 Å². The first-order valence-electron chi connectivity index (χ1n) is 6.45. The zero-order valence-corrected chi connectivity index (χ0v) is 10.6. The number of hydrogen-bond acceptors (Lipinski definition) is 3. The van der Waals surface area contributed by atoms with Crippen LogP contribution in [0.15, 0.2) is 18.2 Å². The second-order valence-electron chi connectivity index (χ2n) is 5.00. The van der Waals surface area contributed by atoms with Gasteiger partial charge in [-0.3, -0.25) is 0 Å². The van der Waals surface area contributed by atoms with Gasteiger partial charge in [0, 0.05) is 11.7 Å². The van der Waals surface area contributed by atoms with Crippen molar-refractivity contribution in [3.8, 4) is 12.1 Å². The maximum atomic E-state index is 9.00. The molecule has 1 aromatic carbocycles. The summed E-state index contributed by atoms with van der Waals surface area (Å²) in [6.45, 7) is 2.27. The molecule has 0 spiro atoms. The first-order valence-corrected chi connectivity index (χ1v) is 6.45. The SMILES string of the molecule is CC1CCCCC1Nc1ccc(C#N)c(C#N)c1. The van der Waals surface area contributed by atoms with Crippen molar-refractivity contribution in [1.29, 1.82) is 10.5 Å². The monoisotopic (exact) mass is 239 g/mol. The van der Waals surface area contributed by atoms with E-state index in [0.29, 0.717) is 23.1 Å². The van der Waals surface area contributed by atoms with E-state index in [9.17, 15) is 0 Å². The van der Waals surface area contributed by atoms with Gasteiger partial charge >= 0.3 is 0 Å². The van der Waals surface area contributed by atoms with E-state index in [1.54, 1.807) is 12.1 Å². The van der Waals surface area contributed by atoms with Gasteiger partial charge in [-0.05, 0) is 37.0 Å². The highest BCUT2D eigenvalue weighted by Gasteiger charge is 2.21. The van der Waals surface area contributed by atoms with Crippen LogP contribution in [-0.2, 0) is 0 Å². The molecule has 2 atom stereocenters. The quantitative estimate of drug-likeness (QED) is 0.860. The van der Waals surface area contributed by atoms with Gasteiger partial charge in [-0.25, -0.2) is 0 Å². The van der Waals surface area contributed by atoms with E-state index in [1.807, 2.05) is 12.1 Å².